The highest BCUT2D eigenvalue weighted by Gasteiger charge is 2.58. The number of benzene rings is 1. The maximum absolute atomic E-state index is 15.1. The molecule has 2 aliphatic heterocycles. The van der Waals surface area contributed by atoms with Crippen molar-refractivity contribution < 1.29 is 14.2 Å². The molecule has 7 nitrogen and oxygen atoms in total. The first-order chi connectivity index (χ1) is 14.4. The molecule has 0 radical (unpaired) electrons. The van der Waals surface area contributed by atoms with Gasteiger partial charge < -0.3 is 19.7 Å². The van der Waals surface area contributed by atoms with Crippen LogP contribution in [0.2, 0.25) is 0 Å². The minimum atomic E-state index is -1.12. The van der Waals surface area contributed by atoms with E-state index in [-0.39, 0.29) is 11.2 Å². The zero-order chi connectivity index (χ0) is 20.9. The second kappa shape index (κ2) is 6.77. The molecular formula is C22H24FN5O2. The summed E-state index contributed by atoms with van der Waals surface area (Å²) < 4.78 is 22.9. The average molecular weight is 409 g/mol. The largest absolute Gasteiger partial charge is 0.507 e. The smallest absolute Gasteiger partial charge is 0.233 e. The van der Waals surface area contributed by atoms with Crippen molar-refractivity contribution in [2.45, 2.75) is 44.5 Å². The van der Waals surface area contributed by atoms with Gasteiger partial charge in [-0.3, -0.25) is 0 Å². The van der Waals surface area contributed by atoms with Gasteiger partial charge in [0.2, 0.25) is 5.88 Å². The molecule has 8 heteroatoms. The van der Waals surface area contributed by atoms with Gasteiger partial charge in [-0.25, -0.2) is 9.37 Å². The number of nitrogens with zero attached hydrogens (tertiary/aromatic N) is 4. The van der Waals surface area contributed by atoms with Gasteiger partial charge in [-0.2, -0.15) is 0 Å². The summed E-state index contributed by atoms with van der Waals surface area (Å²) in [4.78, 5) is 4.01. The maximum Gasteiger partial charge on any atom is 0.233 e. The molecule has 6 rings (SSSR count). The lowest BCUT2D eigenvalue weighted by atomic mass is 9.61. The molecule has 0 unspecified atom stereocenters. The molecule has 0 amide bonds. The van der Waals surface area contributed by atoms with E-state index in [2.05, 4.69) is 27.4 Å². The Morgan fingerprint density at radius 3 is 2.70 bits per heavy atom. The first kappa shape index (κ1) is 19.0. The third-order valence-electron chi connectivity index (χ3n) is 6.62. The summed E-state index contributed by atoms with van der Waals surface area (Å²) in [5, 5.41) is 22.1. The van der Waals surface area contributed by atoms with Crippen molar-refractivity contribution in [3.63, 3.8) is 0 Å². The number of halogens is 1. The first-order valence-corrected chi connectivity index (χ1v) is 10.1. The Kier molecular flexibility index (Phi) is 4.28. The predicted molar refractivity (Wildman–Crippen MR) is 109 cm³/mol. The van der Waals surface area contributed by atoms with Gasteiger partial charge in [0.15, 0.2) is 6.17 Å². The van der Waals surface area contributed by atoms with Crippen LogP contribution in [0.4, 0.5) is 4.39 Å². The van der Waals surface area contributed by atoms with E-state index < -0.39 is 17.8 Å². The maximum atomic E-state index is 15.1. The van der Waals surface area contributed by atoms with Crippen LogP contribution in [-0.4, -0.2) is 49.2 Å². The molecule has 4 heterocycles. The summed E-state index contributed by atoms with van der Waals surface area (Å²) in [7, 11) is 0. The summed E-state index contributed by atoms with van der Waals surface area (Å²) in [6.07, 6.45) is 5.14. The Morgan fingerprint density at radius 1 is 1.20 bits per heavy atom. The lowest BCUT2D eigenvalue weighted by Gasteiger charge is -2.56. The van der Waals surface area contributed by atoms with Crippen LogP contribution in [0, 0.1) is 5.41 Å². The van der Waals surface area contributed by atoms with Crippen molar-refractivity contribution in [3.05, 3.63) is 49.1 Å². The van der Waals surface area contributed by atoms with Crippen molar-refractivity contribution >= 4 is 0 Å². The Labute approximate surface area is 173 Å². The quantitative estimate of drug-likeness (QED) is 0.688. The molecule has 156 valence electrons. The van der Waals surface area contributed by atoms with E-state index in [1.807, 2.05) is 13.0 Å². The number of nitrogens with one attached hydrogen (secondary N) is 1. The second-order valence-electron chi connectivity index (χ2n) is 8.79. The Balaban J connectivity index is 1.36. The molecule has 2 N–H and O–H groups in total. The highest BCUT2D eigenvalue weighted by molar-refractivity contribution is 5.68. The number of hydrogen-bond donors (Lipinski definition) is 2. The Hall–Kier alpha value is -3.00. The SMILES string of the molecule is C[C@@]12CC[C@@](C)(NC1)[C@@H](F)[C@H]2Oc1ccc(-c2ccc(-n3ccnc3)cc2O)nn1. The monoisotopic (exact) mass is 409 g/mol. The van der Waals surface area contributed by atoms with Crippen molar-refractivity contribution in [2.75, 3.05) is 6.54 Å². The molecule has 3 aromatic rings. The minimum absolute atomic E-state index is 0.0871. The number of aromatic hydroxyl groups is 1. The Morgan fingerprint density at radius 2 is 2.07 bits per heavy atom. The van der Waals surface area contributed by atoms with Crippen molar-refractivity contribution in [1.82, 2.24) is 25.1 Å². The number of hydrogen-bond acceptors (Lipinski definition) is 6. The van der Waals surface area contributed by atoms with E-state index in [0.29, 0.717) is 17.1 Å². The molecule has 2 saturated heterocycles. The lowest BCUT2D eigenvalue weighted by Crippen LogP contribution is -2.72. The van der Waals surface area contributed by atoms with Crippen LogP contribution in [-0.2, 0) is 0 Å². The molecule has 0 spiro atoms. The number of fused-ring (bicyclic) bond motifs is 3. The third kappa shape index (κ3) is 3.02. The number of rotatable bonds is 4. The number of ether oxygens (including phenoxy) is 1. The highest BCUT2D eigenvalue weighted by atomic mass is 19.1. The summed E-state index contributed by atoms with van der Waals surface area (Å²) in [5.74, 6) is 0.377. The van der Waals surface area contributed by atoms with Gasteiger partial charge in [0.05, 0.1) is 23.2 Å². The zero-order valence-electron chi connectivity index (χ0n) is 16.9. The Bertz CT molecular complexity index is 1050. The van der Waals surface area contributed by atoms with Crippen LogP contribution >= 0.6 is 0 Å². The second-order valence-corrected chi connectivity index (χ2v) is 8.79. The molecule has 1 aliphatic carbocycles. The molecule has 3 aliphatic rings. The number of alkyl halides is 1. The molecule has 4 atom stereocenters. The van der Waals surface area contributed by atoms with Crippen LogP contribution in [0.1, 0.15) is 26.7 Å². The predicted octanol–water partition coefficient (Wildman–Crippen LogP) is 3.28. The third-order valence-corrected chi connectivity index (χ3v) is 6.62. The van der Waals surface area contributed by atoms with Gasteiger partial charge in [0.25, 0.3) is 0 Å². The average Bonchev–Trinajstić information content (AvgIpc) is 3.28. The molecule has 2 aromatic heterocycles. The lowest BCUT2D eigenvalue weighted by molar-refractivity contribution is -0.120. The minimum Gasteiger partial charge on any atom is -0.507 e. The fourth-order valence-corrected chi connectivity index (χ4v) is 4.46. The summed E-state index contributed by atoms with van der Waals surface area (Å²) in [6.45, 7) is 4.69. The number of phenols is 1. The van der Waals surface area contributed by atoms with Crippen LogP contribution in [0.25, 0.3) is 16.9 Å². The van der Waals surface area contributed by atoms with Crippen LogP contribution < -0.4 is 10.1 Å². The molecule has 3 fully saturated rings. The number of imidazole rings is 1. The van der Waals surface area contributed by atoms with E-state index in [4.69, 9.17) is 4.74 Å². The van der Waals surface area contributed by atoms with Crippen molar-refractivity contribution in [2.24, 2.45) is 5.41 Å². The van der Waals surface area contributed by atoms with Gasteiger partial charge in [-0.1, -0.05) is 6.92 Å². The van der Waals surface area contributed by atoms with Gasteiger partial charge >= 0.3 is 0 Å². The topological polar surface area (TPSA) is 85.1 Å². The molecule has 30 heavy (non-hydrogen) atoms. The van der Waals surface area contributed by atoms with Crippen molar-refractivity contribution in [1.29, 1.82) is 0 Å². The van der Waals surface area contributed by atoms with E-state index >= 15 is 4.39 Å². The van der Waals surface area contributed by atoms with E-state index in [9.17, 15) is 5.11 Å². The number of piperidine rings is 2. The molecule has 1 aromatic carbocycles. The summed E-state index contributed by atoms with van der Waals surface area (Å²) >= 11 is 0. The van der Waals surface area contributed by atoms with E-state index in [1.165, 1.54) is 0 Å². The van der Waals surface area contributed by atoms with Crippen LogP contribution in [0.15, 0.2) is 49.1 Å². The van der Waals surface area contributed by atoms with Crippen LogP contribution in [0.5, 0.6) is 11.6 Å². The van der Waals surface area contributed by atoms with Gasteiger partial charge in [-0.05, 0) is 38.0 Å². The summed E-state index contributed by atoms with van der Waals surface area (Å²) in [6, 6.07) is 8.69. The standard InChI is InChI=1S/C22H24FN5O2/c1-21-7-8-22(2,25-12-21)19(23)20(21)30-18-6-5-16(26-27-18)15-4-3-14(11-17(15)29)28-10-9-24-13-28/h3-6,9-11,13,19-20,25,29H,7-8,12H2,1-2H3/t19-,20+,21+,22+/m0/s1. The molecular weight excluding hydrogens is 385 g/mol. The highest BCUT2D eigenvalue weighted by Crippen LogP contribution is 2.48. The first-order valence-electron chi connectivity index (χ1n) is 10.1. The number of phenolic OH excluding ortho intramolecular Hbond substituents is 1. The van der Waals surface area contributed by atoms with Gasteiger partial charge in [-0.15, -0.1) is 10.2 Å². The fraction of sp³-hybridized carbons (Fsp3) is 0.409. The van der Waals surface area contributed by atoms with Crippen molar-refractivity contribution in [3.8, 4) is 28.6 Å². The zero-order valence-corrected chi connectivity index (χ0v) is 16.9. The van der Waals surface area contributed by atoms with E-state index in [0.717, 1.165) is 25.1 Å². The van der Waals surface area contributed by atoms with Gasteiger partial charge in [0, 0.05) is 42.0 Å². The normalized spacial score (nSPS) is 30.4. The molecule has 1 saturated carbocycles. The fourth-order valence-electron chi connectivity index (χ4n) is 4.46. The van der Waals surface area contributed by atoms with E-state index in [1.54, 1.807) is 47.6 Å². The van der Waals surface area contributed by atoms with Crippen LogP contribution in [0.3, 0.4) is 0 Å². The molecule has 2 bridgehead atoms. The van der Waals surface area contributed by atoms with Gasteiger partial charge in [0.1, 0.15) is 11.9 Å². The summed E-state index contributed by atoms with van der Waals surface area (Å²) in [5.41, 5.74) is 1.02. The number of aromatic nitrogens is 4.